The molecular formula is C16H26N2O. The lowest BCUT2D eigenvalue weighted by Gasteiger charge is -2.22. The van der Waals surface area contributed by atoms with Gasteiger partial charge in [0.2, 0.25) is 0 Å². The van der Waals surface area contributed by atoms with Gasteiger partial charge in [-0.1, -0.05) is 13.8 Å². The molecule has 1 N–H and O–H groups in total. The first-order valence-electron chi connectivity index (χ1n) is 7.54. The van der Waals surface area contributed by atoms with Crippen molar-refractivity contribution in [3.8, 4) is 5.75 Å². The van der Waals surface area contributed by atoms with E-state index < -0.39 is 0 Å². The van der Waals surface area contributed by atoms with E-state index in [4.69, 9.17) is 4.74 Å². The minimum Gasteiger partial charge on any atom is -0.494 e. The molecule has 3 heteroatoms. The Bertz CT molecular complexity index is 364. The van der Waals surface area contributed by atoms with Crippen LogP contribution in [0.25, 0.3) is 0 Å². The fourth-order valence-corrected chi connectivity index (χ4v) is 2.51. The number of ether oxygens (including phenoxy) is 1. The van der Waals surface area contributed by atoms with E-state index in [9.17, 15) is 0 Å². The summed E-state index contributed by atoms with van der Waals surface area (Å²) in [6, 6.07) is 9.20. The molecule has 1 aromatic carbocycles. The summed E-state index contributed by atoms with van der Waals surface area (Å²) in [7, 11) is 0. The quantitative estimate of drug-likeness (QED) is 0.882. The van der Waals surface area contributed by atoms with Crippen LogP contribution in [-0.2, 0) is 0 Å². The summed E-state index contributed by atoms with van der Waals surface area (Å²) in [6.45, 7) is 8.49. The van der Waals surface area contributed by atoms with Crippen LogP contribution in [0.2, 0.25) is 0 Å². The molecule has 1 saturated heterocycles. The number of nitrogens with zero attached hydrogens (tertiary/aromatic N) is 1. The maximum absolute atomic E-state index is 5.63. The van der Waals surface area contributed by atoms with E-state index in [2.05, 4.69) is 48.3 Å². The summed E-state index contributed by atoms with van der Waals surface area (Å²) in [5.74, 6) is 0.977. The second kappa shape index (κ2) is 7.39. The van der Waals surface area contributed by atoms with Gasteiger partial charge in [0, 0.05) is 31.4 Å². The highest BCUT2D eigenvalue weighted by Gasteiger charge is 2.15. The number of anilines is 1. The molecular weight excluding hydrogens is 236 g/mol. The molecule has 1 atom stereocenters. The van der Waals surface area contributed by atoms with Gasteiger partial charge >= 0.3 is 0 Å². The van der Waals surface area contributed by atoms with E-state index in [-0.39, 0.29) is 0 Å². The standard InChI is InChI=1S/C16H26N2O/c1-3-13-19-16-7-5-15(6-8-16)18-11-9-14(4-2)17-10-12-18/h5-8,14,17H,3-4,9-13H2,1-2H3. The molecule has 0 saturated carbocycles. The number of nitrogens with one attached hydrogen (secondary N) is 1. The molecule has 19 heavy (non-hydrogen) atoms. The summed E-state index contributed by atoms with van der Waals surface area (Å²) in [5, 5.41) is 3.60. The lowest BCUT2D eigenvalue weighted by molar-refractivity contribution is 0.317. The molecule has 2 rings (SSSR count). The second-order valence-corrected chi connectivity index (χ2v) is 5.18. The van der Waals surface area contributed by atoms with Gasteiger partial charge in [-0.15, -0.1) is 0 Å². The van der Waals surface area contributed by atoms with Gasteiger partial charge in [0.15, 0.2) is 0 Å². The number of hydrogen-bond acceptors (Lipinski definition) is 3. The molecule has 3 nitrogen and oxygen atoms in total. The van der Waals surface area contributed by atoms with Crippen LogP contribution in [0.1, 0.15) is 33.1 Å². The predicted molar refractivity (Wildman–Crippen MR) is 81.1 cm³/mol. The smallest absolute Gasteiger partial charge is 0.119 e. The molecule has 1 aliphatic heterocycles. The first-order valence-corrected chi connectivity index (χ1v) is 7.54. The minimum atomic E-state index is 0.678. The average molecular weight is 262 g/mol. The Morgan fingerprint density at radius 2 is 2.00 bits per heavy atom. The molecule has 106 valence electrons. The molecule has 1 fully saturated rings. The van der Waals surface area contributed by atoms with Crippen molar-refractivity contribution in [3.63, 3.8) is 0 Å². The van der Waals surface area contributed by atoms with Crippen molar-refractivity contribution in [1.82, 2.24) is 5.32 Å². The Morgan fingerprint density at radius 1 is 1.21 bits per heavy atom. The molecule has 1 aromatic rings. The maximum Gasteiger partial charge on any atom is 0.119 e. The number of rotatable bonds is 5. The van der Waals surface area contributed by atoms with Crippen molar-refractivity contribution in [1.29, 1.82) is 0 Å². The zero-order chi connectivity index (χ0) is 13.5. The van der Waals surface area contributed by atoms with Crippen molar-refractivity contribution in [2.75, 3.05) is 31.1 Å². The molecule has 0 aromatic heterocycles. The van der Waals surface area contributed by atoms with E-state index >= 15 is 0 Å². The Kier molecular flexibility index (Phi) is 5.52. The third-order valence-corrected chi connectivity index (χ3v) is 3.73. The minimum absolute atomic E-state index is 0.678. The highest BCUT2D eigenvalue weighted by Crippen LogP contribution is 2.21. The zero-order valence-corrected chi connectivity index (χ0v) is 12.2. The van der Waals surface area contributed by atoms with Gasteiger partial charge in [0.05, 0.1) is 6.61 Å². The Morgan fingerprint density at radius 3 is 2.68 bits per heavy atom. The van der Waals surface area contributed by atoms with Crippen LogP contribution < -0.4 is 15.0 Å². The van der Waals surface area contributed by atoms with Crippen molar-refractivity contribution < 1.29 is 4.74 Å². The Labute approximate surface area is 116 Å². The first-order chi connectivity index (χ1) is 9.33. The highest BCUT2D eigenvalue weighted by atomic mass is 16.5. The second-order valence-electron chi connectivity index (χ2n) is 5.18. The van der Waals surface area contributed by atoms with Gasteiger partial charge < -0.3 is 15.0 Å². The molecule has 0 bridgehead atoms. The van der Waals surface area contributed by atoms with Crippen LogP contribution in [0.3, 0.4) is 0 Å². The van der Waals surface area contributed by atoms with Gasteiger partial charge in [-0.05, 0) is 43.5 Å². The molecule has 1 aliphatic rings. The third kappa shape index (κ3) is 4.13. The molecule has 0 radical (unpaired) electrons. The summed E-state index contributed by atoms with van der Waals surface area (Å²) < 4.78 is 5.63. The van der Waals surface area contributed by atoms with Crippen LogP contribution in [0, 0.1) is 0 Å². The summed E-state index contributed by atoms with van der Waals surface area (Å²) in [4.78, 5) is 2.46. The van der Waals surface area contributed by atoms with Crippen LogP contribution in [0.15, 0.2) is 24.3 Å². The lowest BCUT2D eigenvalue weighted by atomic mass is 10.1. The van der Waals surface area contributed by atoms with Crippen molar-refractivity contribution in [2.24, 2.45) is 0 Å². The fraction of sp³-hybridized carbons (Fsp3) is 0.625. The fourth-order valence-electron chi connectivity index (χ4n) is 2.51. The average Bonchev–Trinajstić information content (AvgIpc) is 2.71. The van der Waals surface area contributed by atoms with Gasteiger partial charge in [-0.2, -0.15) is 0 Å². The van der Waals surface area contributed by atoms with Crippen LogP contribution in [-0.4, -0.2) is 32.3 Å². The van der Waals surface area contributed by atoms with Gasteiger partial charge in [0.25, 0.3) is 0 Å². The monoisotopic (exact) mass is 262 g/mol. The number of hydrogen-bond donors (Lipinski definition) is 1. The van der Waals surface area contributed by atoms with E-state index in [0.717, 1.165) is 38.4 Å². The van der Waals surface area contributed by atoms with Crippen LogP contribution in [0.5, 0.6) is 5.75 Å². The SMILES string of the molecule is CCCOc1ccc(N2CCNC(CC)CC2)cc1. The molecule has 0 spiro atoms. The summed E-state index contributed by atoms with van der Waals surface area (Å²) in [6.07, 6.45) is 3.50. The largest absolute Gasteiger partial charge is 0.494 e. The van der Waals surface area contributed by atoms with E-state index in [1.807, 2.05) is 0 Å². The zero-order valence-electron chi connectivity index (χ0n) is 12.2. The first kappa shape index (κ1) is 14.2. The van der Waals surface area contributed by atoms with Gasteiger partial charge in [0.1, 0.15) is 5.75 Å². The molecule has 1 unspecified atom stereocenters. The molecule has 1 heterocycles. The normalized spacial score (nSPS) is 20.1. The van der Waals surface area contributed by atoms with Gasteiger partial charge in [-0.3, -0.25) is 0 Å². The lowest BCUT2D eigenvalue weighted by Crippen LogP contribution is -2.29. The molecule has 0 aliphatic carbocycles. The third-order valence-electron chi connectivity index (χ3n) is 3.73. The Balaban J connectivity index is 1.93. The highest BCUT2D eigenvalue weighted by molar-refractivity contribution is 5.49. The van der Waals surface area contributed by atoms with E-state index in [0.29, 0.717) is 6.04 Å². The van der Waals surface area contributed by atoms with Crippen LogP contribution >= 0.6 is 0 Å². The topological polar surface area (TPSA) is 24.5 Å². The Hall–Kier alpha value is -1.22. The summed E-state index contributed by atoms with van der Waals surface area (Å²) in [5.41, 5.74) is 1.31. The van der Waals surface area contributed by atoms with Crippen molar-refractivity contribution >= 4 is 5.69 Å². The number of benzene rings is 1. The van der Waals surface area contributed by atoms with E-state index in [1.165, 1.54) is 18.5 Å². The van der Waals surface area contributed by atoms with Crippen molar-refractivity contribution in [2.45, 2.75) is 39.2 Å². The predicted octanol–water partition coefficient (Wildman–Crippen LogP) is 3.05. The van der Waals surface area contributed by atoms with Crippen molar-refractivity contribution in [3.05, 3.63) is 24.3 Å². The van der Waals surface area contributed by atoms with Crippen LogP contribution in [0.4, 0.5) is 5.69 Å². The molecule has 0 amide bonds. The maximum atomic E-state index is 5.63. The van der Waals surface area contributed by atoms with Gasteiger partial charge in [-0.25, -0.2) is 0 Å². The summed E-state index contributed by atoms with van der Waals surface area (Å²) >= 11 is 0. The van der Waals surface area contributed by atoms with E-state index in [1.54, 1.807) is 0 Å².